The number of carbonyl (C=O) groups is 2. The van der Waals surface area contributed by atoms with Crippen molar-refractivity contribution in [3.8, 4) is 0 Å². The number of amides is 1. The smallest absolute Gasteiger partial charge is 0.262 e. The largest absolute Gasteiger partial charge is 0.326 e. The lowest BCUT2D eigenvalue weighted by molar-refractivity contribution is -0.116. The standard InChI is InChI=1S/C23H21FN2O4S/c1-16-11-12-18(25-23(28)14-13-21(27)17-7-3-2-4-8-17)15-22(16)31(29,30)26-20-10-6-5-9-19(20)24/h2-12,15,26H,13-14H2,1H3,(H,25,28). The van der Waals surface area contributed by atoms with Gasteiger partial charge in [0.1, 0.15) is 5.82 Å². The van der Waals surface area contributed by atoms with E-state index in [1.54, 1.807) is 49.4 Å². The monoisotopic (exact) mass is 440 g/mol. The molecule has 0 saturated heterocycles. The number of carbonyl (C=O) groups excluding carboxylic acids is 2. The molecular weight excluding hydrogens is 419 g/mol. The zero-order valence-electron chi connectivity index (χ0n) is 16.8. The van der Waals surface area contributed by atoms with E-state index in [1.807, 2.05) is 0 Å². The first-order valence-corrected chi connectivity index (χ1v) is 11.0. The number of hydrogen-bond donors (Lipinski definition) is 2. The minimum absolute atomic E-state index is 0.0295. The predicted octanol–water partition coefficient (Wildman–Crippen LogP) is 4.54. The molecule has 160 valence electrons. The first-order chi connectivity index (χ1) is 14.8. The highest BCUT2D eigenvalue weighted by atomic mass is 32.2. The van der Waals surface area contributed by atoms with Crippen LogP contribution in [0.5, 0.6) is 0 Å². The van der Waals surface area contributed by atoms with Gasteiger partial charge in [-0.25, -0.2) is 12.8 Å². The number of para-hydroxylation sites is 1. The van der Waals surface area contributed by atoms with E-state index in [9.17, 15) is 22.4 Å². The maximum Gasteiger partial charge on any atom is 0.262 e. The molecule has 0 aromatic heterocycles. The summed E-state index contributed by atoms with van der Waals surface area (Å²) in [5.41, 5.74) is 1.05. The maximum absolute atomic E-state index is 13.8. The third kappa shape index (κ3) is 5.76. The molecule has 2 N–H and O–H groups in total. The summed E-state index contributed by atoms with van der Waals surface area (Å²) < 4.78 is 41.6. The van der Waals surface area contributed by atoms with Crippen LogP contribution in [0.2, 0.25) is 0 Å². The van der Waals surface area contributed by atoms with Crippen molar-refractivity contribution in [3.63, 3.8) is 0 Å². The zero-order valence-corrected chi connectivity index (χ0v) is 17.6. The minimum Gasteiger partial charge on any atom is -0.326 e. The summed E-state index contributed by atoms with van der Waals surface area (Å²) in [5, 5.41) is 2.61. The minimum atomic E-state index is -4.08. The second-order valence-corrected chi connectivity index (χ2v) is 8.55. The first kappa shape index (κ1) is 22.2. The van der Waals surface area contributed by atoms with Crippen LogP contribution in [0.15, 0.2) is 77.7 Å². The topological polar surface area (TPSA) is 92.3 Å². The molecule has 0 atom stereocenters. The van der Waals surface area contributed by atoms with Gasteiger partial charge in [0.25, 0.3) is 10.0 Å². The van der Waals surface area contributed by atoms with Gasteiger partial charge in [-0.15, -0.1) is 0 Å². The predicted molar refractivity (Wildman–Crippen MR) is 117 cm³/mol. The van der Waals surface area contributed by atoms with Gasteiger partial charge in [-0.1, -0.05) is 48.5 Å². The molecule has 0 saturated carbocycles. The van der Waals surface area contributed by atoms with E-state index in [-0.39, 0.29) is 34.9 Å². The molecule has 8 heteroatoms. The molecule has 0 unspecified atom stereocenters. The summed E-state index contributed by atoms with van der Waals surface area (Å²) in [4.78, 5) is 24.3. The number of benzene rings is 3. The molecule has 0 bridgehead atoms. The number of aryl methyl sites for hydroxylation is 1. The quantitative estimate of drug-likeness (QED) is 0.503. The van der Waals surface area contributed by atoms with E-state index in [0.29, 0.717) is 11.1 Å². The molecule has 6 nitrogen and oxygen atoms in total. The van der Waals surface area contributed by atoms with E-state index in [1.165, 1.54) is 24.3 Å². The summed E-state index contributed by atoms with van der Waals surface area (Å²) in [6.45, 7) is 1.60. The second-order valence-electron chi connectivity index (χ2n) is 6.90. The number of halogens is 1. The van der Waals surface area contributed by atoms with Crippen molar-refractivity contribution in [2.24, 2.45) is 0 Å². The summed E-state index contributed by atoms with van der Waals surface area (Å²) in [6.07, 6.45) is -0.0150. The fourth-order valence-corrected chi connectivity index (χ4v) is 4.27. The van der Waals surface area contributed by atoms with Crippen molar-refractivity contribution < 1.29 is 22.4 Å². The molecule has 3 rings (SSSR count). The van der Waals surface area contributed by atoms with Gasteiger partial charge in [-0.2, -0.15) is 0 Å². The third-order valence-corrected chi connectivity index (χ3v) is 6.06. The van der Waals surface area contributed by atoms with Crippen LogP contribution in [-0.4, -0.2) is 20.1 Å². The molecule has 3 aromatic carbocycles. The molecule has 0 aliphatic heterocycles. The van der Waals surface area contributed by atoms with Gasteiger partial charge in [0.15, 0.2) is 5.78 Å². The lowest BCUT2D eigenvalue weighted by Gasteiger charge is -2.13. The van der Waals surface area contributed by atoms with Crippen molar-refractivity contribution in [2.45, 2.75) is 24.7 Å². The van der Waals surface area contributed by atoms with Gasteiger partial charge in [-0.05, 0) is 36.8 Å². The van der Waals surface area contributed by atoms with Gasteiger partial charge in [-0.3, -0.25) is 14.3 Å². The lowest BCUT2D eigenvalue weighted by atomic mass is 10.1. The number of Topliss-reactive ketones (excluding diaryl/α,β-unsaturated/α-hetero) is 1. The Bertz CT molecular complexity index is 1210. The van der Waals surface area contributed by atoms with Crippen LogP contribution in [0.1, 0.15) is 28.8 Å². The number of anilines is 2. The molecule has 0 aliphatic rings. The van der Waals surface area contributed by atoms with Gasteiger partial charge < -0.3 is 5.32 Å². The van der Waals surface area contributed by atoms with Gasteiger partial charge >= 0.3 is 0 Å². The van der Waals surface area contributed by atoms with Crippen molar-refractivity contribution in [1.29, 1.82) is 0 Å². The number of ketones is 1. The Morgan fingerprint density at radius 2 is 1.58 bits per heavy atom. The average molecular weight is 440 g/mol. The summed E-state index contributed by atoms with van der Waals surface area (Å²) in [7, 11) is -4.08. The normalized spacial score (nSPS) is 11.0. The fourth-order valence-electron chi connectivity index (χ4n) is 2.93. The molecule has 0 heterocycles. The molecule has 0 aliphatic carbocycles. The average Bonchev–Trinajstić information content (AvgIpc) is 2.75. The molecule has 1 amide bonds. The summed E-state index contributed by atoms with van der Waals surface area (Å²) in [6, 6.07) is 18.5. The number of sulfonamides is 1. The Labute approximate surface area is 180 Å². The second kappa shape index (κ2) is 9.53. The third-order valence-electron chi connectivity index (χ3n) is 4.55. The van der Waals surface area contributed by atoms with E-state index in [0.717, 1.165) is 6.07 Å². The van der Waals surface area contributed by atoms with Crippen LogP contribution in [-0.2, 0) is 14.8 Å². The highest BCUT2D eigenvalue weighted by molar-refractivity contribution is 7.92. The Hall–Kier alpha value is -3.52. The van der Waals surface area contributed by atoms with Crippen LogP contribution in [0.3, 0.4) is 0 Å². The molecule has 3 aromatic rings. The molecular formula is C23H21FN2O4S. The van der Waals surface area contributed by atoms with Gasteiger partial charge in [0.05, 0.1) is 10.6 Å². The van der Waals surface area contributed by atoms with Crippen LogP contribution in [0.25, 0.3) is 0 Å². The number of nitrogens with one attached hydrogen (secondary N) is 2. The summed E-state index contributed by atoms with van der Waals surface area (Å²) >= 11 is 0. The number of rotatable bonds is 8. The van der Waals surface area contributed by atoms with E-state index >= 15 is 0 Å². The first-order valence-electron chi connectivity index (χ1n) is 9.52. The highest BCUT2D eigenvalue weighted by Gasteiger charge is 2.20. The summed E-state index contributed by atoms with van der Waals surface area (Å²) in [5.74, 6) is -1.27. The number of hydrogen-bond acceptors (Lipinski definition) is 4. The molecule has 0 spiro atoms. The van der Waals surface area contributed by atoms with Crippen molar-refractivity contribution >= 4 is 33.1 Å². The lowest BCUT2D eigenvalue weighted by Crippen LogP contribution is -2.17. The fraction of sp³-hybridized carbons (Fsp3) is 0.130. The van der Waals surface area contributed by atoms with Crippen molar-refractivity contribution in [3.05, 3.63) is 89.7 Å². The zero-order chi connectivity index (χ0) is 22.4. The van der Waals surface area contributed by atoms with Gasteiger partial charge in [0, 0.05) is 24.1 Å². The molecule has 31 heavy (non-hydrogen) atoms. The SMILES string of the molecule is Cc1ccc(NC(=O)CCC(=O)c2ccccc2)cc1S(=O)(=O)Nc1ccccc1F. The molecule has 0 radical (unpaired) electrons. The maximum atomic E-state index is 13.8. The van der Waals surface area contributed by atoms with Crippen LogP contribution < -0.4 is 10.0 Å². The van der Waals surface area contributed by atoms with E-state index in [4.69, 9.17) is 0 Å². The van der Waals surface area contributed by atoms with E-state index < -0.39 is 21.7 Å². The van der Waals surface area contributed by atoms with Crippen LogP contribution >= 0.6 is 0 Å². The van der Waals surface area contributed by atoms with Gasteiger partial charge in [0.2, 0.25) is 5.91 Å². The Kier molecular flexibility index (Phi) is 6.81. The van der Waals surface area contributed by atoms with Crippen LogP contribution in [0, 0.1) is 12.7 Å². The Morgan fingerprint density at radius 1 is 0.903 bits per heavy atom. The van der Waals surface area contributed by atoms with E-state index in [2.05, 4.69) is 10.0 Å². The Morgan fingerprint density at radius 3 is 2.29 bits per heavy atom. The Balaban J connectivity index is 1.69. The van der Waals surface area contributed by atoms with Crippen LogP contribution in [0.4, 0.5) is 15.8 Å². The highest BCUT2D eigenvalue weighted by Crippen LogP contribution is 2.24. The molecule has 0 fully saturated rings. The van der Waals surface area contributed by atoms with Crippen molar-refractivity contribution in [1.82, 2.24) is 0 Å². The van der Waals surface area contributed by atoms with Crippen molar-refractivity contribution in [2.75, 3.05) is 10.0 Å².